The first kappa shape index (κ1) is 19.8. The lowest BCUT2D eigenvalue weighted by molar-refractivity contribution is 0.0526. The molecule has 27 heavy (non-hydrogen) atoms. The zero-order valence-electron chi connectivity index (χ0n) is 15.6. The minimum Gasteiger partial charge on any atom is -0.462 e. The summed E-state index contributed by atoms with van der Waals surface area (Å²) in [6, 6.07) is 9.60. The summed E-state index contributed by atoms with van der Waals surface area (Å²) in [5.74, 6) is -0.608. The fourth-order valence-corrected chi connectivity index (χ4v) is 2.03. The van der Waals surface area contributed by atoms with Crippen molar-refractivity contribution in [1.82, 2.24) is 5.16 Å². The molecule has 0 saturated heterocycles. The maximum absolute atomic E-state index is 12.4. The number of rotatable bonds is 6. The second kappa shape index (κ2) is 8.27. The van der Waals surface area contributed by atoms with Crippen LogP contribution in [0.2, 0.25) is 0 Å². The molecule has 0 aliphatic rings. The SMILES string of the molecule is CCOC(=O)c1cccc(NN=C(C#N)C(=O)c2cc(C(C)(C)C)on2)c1. The summed E-state index contributed by atoms with van der Waals surface area (Å²) in [6.07, 6.45) is 0. The van der Waals surface area contributed by atoms with Crippen LogP contribution in [0.3, 0.4) is 0 Å². The number of hydrogen-bond donors (Lipinski definition) is 1. The average Bonchev–Trinajstić information content (AvgIpc) is 3.13. The minimum atomic E-state index is -0.661. The molecule has 0 atom stereocenters. The van der Waals surface area contributed by atoms with Crippen molar-refractivity contribution in [3.05, 3.63) is 47.3 Å². The average molecular weight is 368 g/mol. The van der Waals surface area contributed by atoms with Crippen molar-refractivity contribution in [2.75, 3.05) is 12.0 Å². The highest BCUT2D eigenvalue weighted by atomic mass is 16.5. The van der Waals surface area contributed by atoms with Crippen LogP contribution in [0.15, 0.2) is 40.0 Å². The van der Waals surface area contributed by atoms with Gasteiger partial charge in [-0.2, -0.15) is 10.4 Å². The first-order valence-corrected chi connectivity index (χ1v) is 8.29. The van der Waals surface area contributed by atoms with Gasteiger partial charge in [-0.1, -0.05) is 32.0 Å². The Morgan fingerprint density at radius 1 is 1.33 bits per heavy atom. The lowest BCUT2D eigenvalue weighted by atomic mass is 9.93. The zero-order chi connectivity index (χ0) is 20.0. The number of carbonyl (C=O) groups is 2. The molecule has 0 amide bonds. The number of ketones is 1. The Kier molecular flexibility index (Phi) is 6.08. The van der Waals surface area contributed by atoms with Crippen molar-refractivity contribution in [3.8, 4) is 6.07 Å². The summed E-state index contributed by atoms with van der Waals surface area (Å²) in [4.78, 5) is 24.2. The molecule has 0 aliphatic heterocycles. The van der Waals surface area contributed by atoms with E-state index in [4.69, 9.17) is 9.26 Å². The van der Waals surface area contributed by atoms with Gasteiger partial charge in [-0.25, -0.2) is 4.79 Å². The number of nitriles is 1. The molecule has 0 unspecified atom stereocenters. The molecule has 0 radical (unpaired) electrons. The minimum absolute atomic E-state index is 0.00213. The van der Waals surface area contributed by atoms with Crippen LogP contribution >= 0.6 is 0 Å². The van der Waals surface area contributed by atoms with Crippen LogP contribution in [0.4, 0.5) is 5.69 Å². The summed E-state index contributed by atoms with van der Waals surface area (Å²) in [5, 5.41) is 16.8. The lowest BCUT2D eigenvalue weighted by Gasteiger charge is -2.11. The largest absolute Gasteiger partial charge is 0.462 e. The molecule has 0 spiro atoms. The first-order chi connectivity index (χ1) is 12.8. The van der Waals surface area contributed by atoms with Gasteiger partial charge in [-0.15, -0.1) is 0 Å². The molecule has 140 valence electrons. The third-order valence-electron chi connectivity index (χ3n) is 3.47. The standard InChI is InChI=1S/C19H20N4O4/c1-5-26-18(25)12-7-6-8-13(9-12)21-22-15(11-20)17(24)14-10-16(27-23-14)19(2,3)4/h6-10,21H,5H2,1-4H3. The summed E-state index contributed by atoms with van der Waals surface area (Å²) < 4.78 is 10.1. The second-order valence-electron chi connectivity index (χ2n) is 6.64. The monoisotopic (exact) mass is 368 g/mol. The highest BCUT2D eigenvalue weighted by Crippen LogP contribution is 2.23. The van der Waals surface area contributed by atoms with Gasteiger partial charge in [0, 0.05) is 11.5 Å². The van der Waals surface area contributed by atoms with E-state index >= 15 is 0 Å². The fraction of sp³-hybridized carbons (Fsp3) is 0.316. The molecule has 0 fully saturated rings. The Labute approximate surface area is 156 Å². The van der Waals surface area contributed by atoms with Crippen molar-refractivity contribution in [2.45, 2.75) is 33.1 Å². The predicted molar refractivity (Wildman–Crippen MR) is 98.6 cm³/mol. The van der Waals surface area contributed by atoms with E-state index in [9.17, 15) is 14.9 Å². The second-order valence-corrected chi connectivity index (χ2v) is 6.64. The van der Waals surface area contributed by atoms with Crippen molar-refractivity contribution in [3.63, 3.8) is 0 Å². The fourth-order valence-electron chi connectivity index (χ4n) is 2.03. The van der Waals surface area contributed by atoms with Crippen LogP contribution in [0.25, 0.3) is 0 Å². The summed E-state index contributed by atoms with van der Waals surface area (Å²) in [6.45, 7) is 7.72. The van der Waals surface area contributed by atoms with Crippen LogP contribution in [-0.2, 0) is 10.2 Å². The molecule has 8 heteroatoms. The maximum atomic E-state index is 12.4. The quantitative estimate of drug-likeness (QED) is 0.359. The molecule has 2 aromatic rings. The summed E-state index contributed by atoms with van der Waals surface area (Å²) >= 11 is 0. The van der Waals surface area contributed by atoms with E-state index < -0.39 is 11.8 Å². The first-order valence-electron chi connectivity index (χ1n) is 8.29. The van der Waals surface area contributed by atoms with E-state index in [-0.39, 0.29) is 23.4 Å². The van der Waals surface area contributed by atoms with Gasteiger partial charge < -0.3 is 9.26 Å². The molecule has 1 aromatic carbocycles. The van der Waals surface area contributed by atoms with E-state index in [1.165, 1.54) is 12.1 Å². The van der Waals surface area contributed by atoms with E-state index in [0.717, 1.165) is 0 Å². The number of anilines is 1. The van der Waals surface area contributed by atoms with Gasteiger partial charge in [-0.3, -0.25) is 10.2 Å². The molecule has 0 aliphatic carbocycles. The smallest absolute Gasteiger partial charge is 0.338 e. The number of benzene rings is 1. The number of Topliss-reactive ketones (excluding diaryl/α,β-unsaturated/α-hetero) is 1. The number of ether oxygens (including phenoxy) is 1. The highest BCUT2D eigenvalue weighted by Gasteiger charge is 2.24. The molecule has 1 heterocycles. The molecular weight excluding hydrogens is 348 g/mol. The van der Waals surface area contributed by atoms with Gasteiger partial charge in [0.1, 0.15) is 11.8 Å². The van der Waals surface area contributed by atoms with Crippen molar-refractivity contribution >= 4 is 23.2 Å². The van der Waals surface area contributed by atoms with Gasteiger partial charge in [0.05, 0.1) is 17.9 Å². The van der Waals surface area contributed by atoms with Crippen molar-refractivity contribution in [2.24, 2.45) is 5.10 Å². The van der Waals surface area contributed by atoms with Gasteiger partial charge in [0.15, 0.2) is 5.69 Å². The van der Waals surface area contributed by atoms with E-state index in [1.807, 2.05) is 20.8 Å². The van der Waals surface area contributed by atoms with Crippen LogP contribution in [0.5, 0.6) is 0 Å². The van der Waals surface area contributed by atoms with Gasteiger partial charge >= 0.3 is 5.97 Å². The van der Waals surface area contributed by atoms with E-state index in [2.05, 4.69) is 15.7 Å². The number of hydrazone groups is 1. The number of nitrogens with one attached hydrogen (secondary N) is 1. The number of esters is 1. The Hall–Kier alpha value is -3.47. The third kappa shape index (κ3) is 5.01. The topological polar surface area (TPSA) is 118 Å². The van der Waals surface area contributed by atoms with Gasteiger partial charge in [-0.05, 0) is 25.1 Å². The number of carbonyl (C=O) groups excluding carboxylic acids is 2. The van der Waals surface area contributed by atoms with Crippen molar-refractivity contribution in [1.29, 1.82) is 5.26 Å². The van der Waals surface area contributed by atoms with Gasteiger partial charge in [0.25, 0.3) is 0 Å². The normalized spacial score (nSPS) is 11.6. The third-order valence-corrected chi connectivity index (χ3v) is 3.47. The molecule has 0 bridgehead atoms. The molecule has 0 saturated carbocycles. The van der Waals surface area contributed by atoms with Crippen LogP contribution < -0.4 is 5.43 Å². The molecule has 1 N–H and O–H groups in total. The van der Waals surface area contributed by atoms with E-state index in [1.54, 1.807) is 31.2 Å². The Bertz CT molecular complexity index is 916. The summed E-state index contributed by atoms with van der Waals surface area (Å²) in [7, 11) is 0. The lowest BCUT2D eigenvalue weighted by Crippen LogP contribution is -2.15. The molecule has 1 aromatic heterocycles. The highest BCUT2D eigenvalue weighted by molar-refractivity contribution is 6.51. The van der Waals surface area contributed by atoms with Crippen LogP contribution in [-0.4, -0.2) is 29.2 Å². The van der Waals surface area contributed by atoms with Gasteiger partial charge in [0.2, 0.25) is 11.5 Å². The Balaban J connectivity index is 2.18. The number of aromatic nitrogens is 1. The number of hydrogen-bond acceptors (Lipinski definition) is 8. The molecule has 2 rings (SSSR count). The van der Waals surface area contributed by atoms with Crippen LogP contribution in [0, 0.1) is 11.3 Å². The molecular formula is C19H20N4O4. The maximum Gasteiger partial charge on any atom is 0.338 e. The van der Waals surface area contributed by atoms with Crippen LogP contribution in [0.1, 0.15) is 54.3 Å². The number of nitrogens with zero attached hydrogens (tertiary/aromatic N) is 3. The Morgan fingerprint density at radius 3 is 2.67 bits per heavy atom. The Morgan fingerprint density at radius 2 is 2.07 bits per heavy atom. The molecule has 8 nitrogen and oxygen atoms in total. The summed E-state index contributed by atoms with van der Waals surface area (Å²) in [5.41, 5.74) is 2.65. The van der Waals surface area contributed by atoms with E-state index in [0.29, 0.717) is 17.0 Å². The zero-order valence-corrected chi connectivity index (χ0v) is 15.6. The van der Waals surface area contributed by atoms with Crippen molar-refractivity contribution < 1.29 is 18.8 Å². The predicted octanol–water partition coefficient (Wildman–Crippen LogP) is 3.32.